The van der Waals surface area contributed by atoms with Crippen LogP contribution in [0.1, 0.15) is 87.1 Å². The molecule has 0 aliphatic heterocycles. The Hall–Kier alpha value is -1.31. The molecule has 118 valence electrons. The Balaban J connectivity index is 2.06. The molecule has 2 heteroatoms. The van der Waals surface area contributed by atoms with Crippen LogP contribution in [0.25, 0.3) is 0 Å². The van der Waals surface area contributed by atoms with Crippen molar-refractivity contribution in [3.05, 3.63) is 35.4 Å². The summed E-state index contributed by atoms with van der Waals surface area (Å²) < 4.78 is 0. The first-order chi connectivity index (χ1) is 10.3. The second-order valence-electron chi connectivity index (χ2n) is 5.95. The summed E-state index contributed by atoms with van der Waals surface area (Å²) in [6.07, 6.45) is 14.3. The van der Waals surface area contributed by atoms with Gasteiger partial charge in [0.2, 0.25) is 5.91 Å². The van der Waals surface area contributed by atoms with Crippen LogP contribution in [-0.4, -0.2) is 5.91 Å². The van der Waals surface area contributed by atoms with Crippen molar-refractivity contribution >= 4 is 5.91 Å². The van der Waals surface area contributed by atoms with E-state index in [0.717, 1.165) is 18.4 Å². The number of primary amides is 1. The molecule has 1 aromatic rings. The highest BCUT2D eigenvalue weighted by Crippen LogP contribution is 2.14. The zero-order valence-corrected chi connectivity index (χ0v) is 13.6. The predicted octanol–water partition coefficient (Wildman–Crippen LogP) is 5.25. The smallest absolute Gasteiger partial charge is 0.248 e. The SMILES string of the molecule is CCCCCCCCCCCCc1ccccc1C(N)=O. The number of carbonyl (C=O) groups excluding carboxylic acids is 1. The third kappa shape index (κ3) is 7.89. The van der Waals surface area contributed by atoms with Gasteiger partial charge in [0.15, 0.2) is 0 Å². The summed E-state index contributed by atoms with van der Waals surface area (Å²) >= 11 is 0. The Morgan fingerprint density at radius 2 is 1.38 bits per heavy atom. The minimum atomic E-state index is -0.308. The first-order valence-electron chi connectivity index (χ1n) is 8.63. The molecule has 1 amide bonds. The number of carbonyl (C=O) groups is 1. The molecule has 0 unspecified atom stereocenters. The van der Waals surface area contributed by atoms with Crippen LogP contribution in [0.15, 0.2) is 24.3 Å². The number of amides is 1. The molecule has 1 aromatic carbocycles. The van der Waals surface area contributed by atoms with E-state index >= 15 is 0 Å². The van der Waals surface area contributed by atoms with Crippen LogP contribution in [0.5, 0.6) is 0 Å². The van der Waals surface area contributed by atoms with Gasteiger partial charge in [0.25, 0.3) is 0 Å². The Morgan fingerprint density at radius 1 is 0.857 bits per heavy atom. The normalized spacial score (nSPS) is 10.7. The van der Waals surface area contributed by atoms with Crippen LogP contribution < -0.4 is 5.73 Å². The van der Waals surface area contributed by atoms with E-state index in [0.29, 0.717) is 5.56 Å². The minimum Gasteiger partial charge on any atom is -0.366 e. The largest absolute Gasteiger partial charge is 0.366 e. The summed E-state index contributed by atoms with van der Waals surface area (Å²) in [7, 11) is 0. The van der Waals surface area contributed by atoms with Crippen molar-refractivity contribution in [2.24, 2.45) is 5.73 Å². The number of unbranched alkanes of at least 4 members (excludes halogenated alkanes) is 9. The predicted molar refractivity (Wildman–Crippen MR) is 90.5 cm³/mol. The van der Waals surface area contributed by atoms with Crippen LogP contribution >= 0.6 is 0 Å². The second kappa shape index (κ2) is 11.4. The fourth-order valence-corrected chi connectivity index (χ4v) is 2.78. The number of hydrogen-bond donors (Lipinski definition) is 1. The Labute approximate surface area is 130 Å². The average Bonchev–Trinajstić information content (AvgIpc) is 2.49. The first-order valence-corrected chi connectivity index (χ1v) is 8.63. The summed E-state index contributed by atoms with van der Waals surface area (Å²) in [5, 5.41) is 0. The van der Waals surface area contributed by atoms with Crippen molar-refractivity contribution in [1.82, 2.24) is 0 Å². The van der Waals surface area contributed by atoms with Crippen LogP contribution in [0.3, 0.4) is 0 Å². The first kappa shape index (κ1) is 17.7. The third-order valence-electron chi connectivity index (χ3n) is 4.08. The lowest BCUT2D eigenvalue weighted by Crippen LogP contribution is -2.13. The Morgan fingerprint density at radius 3 is 1.95 bits per heavy atom. The summed E-state index contributed by atoms with van der Waals surface area (Å²) in [5.41, 5.74) is 7.19. The van der Waals surface area contributed by atoms with Gasteiger partial charge < -0.3 is 5.73 Å². The monoisotopic (exact) mass is 289 g/mol. The zero-order chi connectivity index (χ0) is 15.3. The fraction of sp³-hybridized carbons (Fsp3) is 0.632. The van der Waals surface area contributed by atoms with Gasteiger partial charge >= 0.3 is 0 Å². The van der Waals surface area contributed by atoms with Crippen molar-refractivity contribution in [3.8, 4) is 0 Å². The number of rotatable bonds is 12. The van der Waals surface area contributed by atoms with E-state index in [2.05, 4.69) is 6.92 Å². The van der Waals surface area contributed by atoms with Gasteiger partial charge in [0.05, 0.1) is 0 Å². The standard InChI is InChI=1S/C19H31NO/c1-2-3-4-5-6-7-8-9-10-11-14-17-15-12-13-16-18(17)19(20)21/h12-13,15-16H,2-11,14H2,1H3,(H2,20,21). The van der Waals surface area contributed by atoms with Gasteiger partial charge in [0, 0.05) is 5.56 Å². The lowest BCUT2D eigenvalue weighted by molar-refractivity contribution is 0.0999. The van der Waals surface area contributed by atoms with E-state index in [9.17, 15) is 4.79 Å². The van der Waals surface area contributed by atoms with Gasteiger partial charge in [-0.1, -0.05) is 82.9 Å². The molecular weight excluding hydrogens is 258 g/mol. The Bertz CT molecular complexity index is 400. The number of nitrogens with two attached hydrogens (primary N) is 1. The van der Waals surface area contributed by atoms with E-state index in [4.69, 9.17) is 5.73 Å². The molecule has 0 fully saturated rings. The fourth-order valence-electron chi connectivity index (χ4n) is 2.78. The molecule has 0 heterocycles. The van der Waals surface area contributed by atoms with Gasteiger partial charge in [-0.25, -0.2) is 0 Å². The summed E-state index contributed by atoms with van der Waals surface area (Å²) in [4.78, 5) is 11.3. The van der Waals surface area contributed by atoms with Gasteiger partial charge in [-0.15, -0.1) is 0 Å². The minimum absolute atomic E-state index is 0.308. The maximum absolute atomic E-state index is 11.3. The van der Waals surface area contributed by atoms with Crippen LogP contribution in [0.2, 0.25) is 0 Å². The molecule has 0 radical (unpaired) electrons. The molecule has 1 rings (SSSR count). The molecule has 0 saturated heterocycles. The van der Waals surface area contributed by atoms with Crippen LogP contribution in [-0.2, 0) is 6.42 Å². The lowest BCUT2D eigenvalue weighted by atomic mass is 10.00. The maximum Gasteiger partial charge on any atom is 0.248 e. The topological polar surface area (TPSA) is 43.1 Å². The molecule has 2 N–H and O–H groups in total. The van der Waals surface area contributed by atoms with E-state index in [-0.39, 0.29) is 5.91 Å². The Kier molecular flexibility index (Phi) is 9.60. The molecular formula is C19H31NO. The highest BCUT2D eigenvalue weighted by Gasteiger charge is 2.06. The molecule has 0 aromatic heterocycles. The zero-order valence-electron chi connectivity index (χ0n) is 13.6. The average molecular weight is 289 g/mol. The summed E-state index contributed by atoms with van der Waals surface area (Å²) in [6, 6.07) is 7.71. The van der Waals surface area contributed by atoms with Gasteiger partial charge in [-0.05, 0) is 24.5 Å². The van der Waals surface area contributed by atoms with Crippen molar-refractivity contribution in [1.29, 1.82) is 0 Å². The van der Waals surface area contributed by atoms with Crippen LogP contribution in [0.4, 0.5) is 0 Å². The van der Waals surface area contributed by atoms with Gasteiger partial charge in [0.1, 0.15) is 0 Å². The number of benzene rings is 1. The van der Waals surface area contributed by atoms with Crippen LogP contribution in [0, 0.1) is 0 Å². The molecule has 2 nitrogen and oxygen atoms in total. The van der Waals surface area contributed by atoms with Crippen molar-refractivity contribution in [2.45, 2.75) is 77.6 Å². The summed E-state index contributed by atoms with van der Waals surface area (Å²) in [5.74, 6) is -0.308. The quantitative estimate of drug-likeness (QED) is 0.525. The summed E-state index contributed by atoms with van der Waals surface area (Å²) in [6.45, 7) is 2.26. The lowest BCUT2D eigenvalue weighted by Gasteiger charge is -2.06. The van der Waals surface area contributed by atoms with Crippen molar-refractivity contribution in [2.75, 3.05) is 0 Å². The molecule has 0 aliphatic rings. The van der Waals surface area contributed by atoms with Gasteiger partial charge in [-0.3, -0.25) is 4.79 Å². The molecule has 21 heavy (non-hydrogen) atoms. The van der Waals surface area contributed by atoms with E-state index in [1.54, 1.807) is 0 Å². The van der Waals surface area contributed by atoms with Crippen molar-refractivity contribution < 1.29 is 4.79 Å². The molecule has 0 aliphatic carbocycles. The third-order valence-corrected chi connectivity index (χ3v) is 4.08. The number of hydrogen-bond acceptors (Lipinski definition) is 1. The highest BCUT2D eigenvalue weighted by atomic mass is 16.1. The maximum atomic E-state index is 11.3. The molecule has 0 spiro atoms. The number of aryl methyl sites for hydroxylation is 1. The highest BCUT2D eigenvalue weighted by molar-refractivity contribution is 5.94. The molecule has 0 saturated carbocycles. The molecule has 0 atom stereocenters. The second-order valence-corrected chi connectivity index (χ2v) is 5.95. The molecule has 0 bridgehead atoms. The van der Waals surface area contributed by atoms with Crippen molar-refractivity contribution in [3.63, 3.8) is 0 Å². The van der Waals surface area contributed by atoms with Gasteiger partial charge in [-0.2, -0.15) is 0 Å². The van der Waals surface area contributed by atoms with E-state index in [1.807, 2.05) is 24.3 Å². The van der Waals surface area contributed by atoms with E-state index in [1.165, 1.54) is 57.8 Å². The van der Waals surface area contributed by atoms with E-state index < -0.39 is 0 Å².